The molecule has 1 aliphatic heterocycles. The Morgan fingerprint density at radius 3 is 2.64 bits per heavy atom. The molecule has 2 aromatic rings. The Morgan fingerprint density at radius 1 is 1.25 bits per heavy atom. The van der Waals surface area contributed by atoms with E-state index < -0.39 is 5.97 Å². The first-order chi connectivity index (χ1) is 13.3. The van der Waals surface area contributed by atoms with Crippen LogP contribution in [-0.4, -0.2) is 35.4 Å². The van der Waals surface area contributed by atoms with E-state index in [-0.39, 0.29) is 17.9 Å². The van der Waals surface area contributed by atoms with Gasteiger partial charge in [-0.1, -0.05) is 6.07 Å². The maximum atomic E-state index is 12.8. The third kappa shape index (κ3) is 3.93. The molecule has 28 heavy (non-hydrogen) atoms. The summed E-state index contributed by atoms with van der Waals surface area (Å²) in [7, 11) is 0. The van der Waals surface area contributed by atoms with Crippen molar-refractivity contribution in [3.63, 3.8) is 0 Å². The van der Waals surface area contributed by atoms with E-state index in [1.54, 1.807) is 50.8 Å². The number of carbonyl (C=O) groups is 3. The molecular formula is C21H25N3O4. The molecule has 0 saturated carbocycles. The Kier molecular flexibility index (Phi) is 5.53. The van der Waals surface area contributed by atoms with E-state index >= 15 is 0 Å². The number of anilines is 2. The molecule has 1 aliphatic rings. The van der Waals surface area contributed by atoms with Crippen molar-refractivity contribution in [3.8, 4) is 0 Å². The smallest absolute Gasteiger partial charge is 0.340 e. The fourth-order valence-corrected chi connectivity index (χ4v) is 3.42. The number of amides is 2. The van der Waals surface area contributed by atoms with Crippen LogP contribution >= 0.6 is 0 Å². The average Bonchev–Trinajstić information content (AvgIpc) is 3.17. The fraction of sp³-hybridized carbons (Fsp3) is 0.381. The van der Waals surface area contributed by atoms with Gasteiger partial charge < -0.3 is 19.9 Å². The molecule has 0 unspecified atom stereocenters. The topological polar surface area (TPSA) is 91.5 Å². The third-order valence-corrected chi connectivity index (χ3v) is 4.70. The first-order valence-corrected chi connectivity index (χ1v) is 9.40. The predicted octanol–water partition coefficient (Wildman–Crippen LogP) is 3.58. The van der Waals surface area contributed by atoms with Crippen LogP contribution in [0.15, 0.2) is 24.3 Å². The zero-order chi connectivity index (χ0) is 20.4. The number of benzene rings is 1. The minimum absolute atomic E-state index is 0.0904. The highest BCUT2D eigenvalue weighted by molar-refractivity contribution is 6.07. The predicted molar refractivity (Wildman–Crippen MR) is 107 cm³/mol. The molecule has 2 N–H and O–H groups in total. The van der Waals surface area contributed by atoms with Crippen LogP contribution in [0, 0.1) is 13.8 Å². The van der Waals surface area contributed by atoms with Gasteiger partial charge in [0, 0.05) is 30.0 Å². The number of hydrogen-bond acceptors (Lipinski definition) is 4. The molecule has 1 aromatic carbocycles. The Hall–Kier alpha value is -3.09. The summed E-state index contributed by atoms with van der Waals surface area (Å²) in [6, 6.07) is 7.19. The van der Waals surface area contributed by atoms with Gasteiger partial charge in [-0.2, -0.15) is 0 Å². The summed E-state index contributed by atoms with van der Waals surface area (Å²) >= 11 is 0. The van der Waals surface area contributed by atoms with Crippen LogP contribution in [0.1, 0.15) is 58.8 Å². The quantitative estimate of drug-likeness (QED) is 0.772. The second-order valence-corrected chi connectivity index (χ2v) is 7.23. The standard InChI is InChI=1S/C21H25N3O4/c1-12(2)28-21(27)18-13(3)19(22-14(18)4)20(26)23-15-7-5-8-16(11-15)24-10-6-9-17(24)25/h5,7-8,11-12,22H,6,9-10H2,1-4H3,(H,23,26). The molecule has 0 atom stereocenters. The second-order valence-electron chi connectivity index (χ2n) is 7.23. The molecule has 0 radical (unpaired) electrons. The molecule has 0 spiro atoms. The molecule has 1 aromatic heterocycles. The highest BCUT2D eigenvalue weighted by Gasteiger charge is 2.25. The fourth-order valence-electron chi connectivity index (χ4n) is 3.42. The van der Waals surface area contributed by atoms with Gasteiger partial charge in [-0.3, -0.25) is 9.59 Å². The monoisotopic (exact) mass is 383 g/mol. The number of esters is 1. The molecule has 1 saturated heterocycles. The number of aromatic amines is 1. The van der Waals surface area contributed by atoms with Gasteiger partial charge in [0.25, 0.3) is 5.91 Å². The highest BCUT2D eigenvalue weighted by atomic mass is 16.5. The van der Waals surface area contributed by atoms with Crippen LogP contribution in [0.3, 0.4) is 0 Å². The normalized spacial score (nSPS) is 13.9. The lowest BCUT2D eigenvalue weighted by molar-refractivity contribution is -0.117. The first kappa shape index (κ1) is 19.7. The lowest BCUT2D eigenvalue weighted by Crippen LogP contribution is -2.23. The van der Waals surface area contributed by atoms with Crippen molar-refractivity contribution >= 4 is 29.2 Å². The Labute approximate surface area is 164 Å². The molecule has 1 fully saturated rings. The minimum Gasteiger partial charge on any atom is -0.459 e. The van der Waals surface area contributed by atoms with Crippen LogP contribution in [0.2, 0.25) is 0 Å². The summed E-state index contributed by atoms with van der Waals surface area (Å²) in [4.78, 5) is 41.7. The highest BCUT2D eigenvalue weighted by Crippen LogP contribution is 2.25. The van der Waals surface area contributed by atoms with E-state index in [0.717, 1.165) is 12.1 Å². The molecule has 148 valence electrons. The van der Waals surface area contributed by atoms with Gasteiger partial charge in [0.05, 0.1) is 11.7 Å². The lowest BCUT2D eigenvalue weighted by atomic mass is 10.1. The van der Waals surface area contributed by atoms with Crippen LogP contribution in [0.25, 0.3) is 0 Å². The number of aromatic nitrogens is 1. The first-order valence-electron chi connectivity index (χ1n) is 9.40. The molecule has 7 heteroatoms. The zero-order valence-corrected chi connectivity index (χ0v) is 16.6. The molecule has 2 amide bonds. The Balaban J connectivity index is 1.80. The minimum atomic E-state index is -0.449. The number of nitrogens with zero attached hydrogens (tertiary/aromatic N) is 1. The molecule has 2 heterocycles. The Bertz CT molecular complexity index is 930. The van der Waals surface area contributed by atoms with Crippen LogP contribution < -0.4 is 10.2 Å². The van der Waals surface area contributed by atoms with Gasteiger partial charge in [-0.15, -0.1) is 0 Å². The summed E-state index contributed by atoms with van der Waals surface area (Å²) in [6.07, 6.45) is 1.15. The number of ether oxygens (including phenoxy) is 1. The molecule has 7 nitrogen and oxygen atoms in total. The van der Waals surface area contributed by atoms with Gasteiger partial charge >= 0.3 is 5.97 Å². The van der Waals surface area contributed by atoms with Crippen LogP contribution in [0.4, 0.5) is 11.4 Å². The zero-order valence-electron chi connectivity index (χ0n) is 16.6. The van der Waals surface area contributed by atoms with E-state index in [9.17, 15) is 14.4 Å². The van der Waals surface area contributed by atoms with Gasteiger partial charge in [0.1, 0.15) is 5.69 Å². The van der Waals surface area contributed by atoms with Crippen LogP contribution in [-0.2, 0) is 9.53 Å². The molecular weight excluding hydrogens is 358 g/mol. The molecule has 0 aliphatic carbocycles. The number of rotatable bonds is 5. The van der Waals surface area contributed by atoms with E-state index in [0.29, 0.717) is 41.2 Å². The van der Waals surface area contributed by atoms with Gasteiger partial charge in [-0.25, -0.2) is 4.79 Å². The van der Waals surface area contributed by atoms with E-state index in [2.05, 4.69) is 10.3 Å². The van der Waals surface area contributed by atoms with Crippen molar-refractivity contribution in [2.24, 2.45) is 0 Å². The number of H-pyrrole nitrogens is 1. The van der Waals surface area contributed by atoms with Crippen molar-refractivity contribution in [2.75, 3.05) is 16.8 Å². The second kappa shape index (κ2) is 7.88. The maximum absolute atomic E-state index is 12.8. The largest absolute Gasteiger partial charge is 0.459 e. The number of aryl methyl sites for hydroxylation is 1. The Morgan fingerprint density at radius 2 is 2.00 bits per heavy atom. The average molecular weight is 383 g/mol. The lowest BCUT2D eigenvalue weighted by Gasteiger charge is -2.16. The van der Waals surface area contributed by atoms with Gasteiger partial charge in [0.15, 0.2) is 0 Å². The van der Waals surface area contributed by atoms with Crippen molar-refractivity contribution in [3.05, 3.63) is 46.8 Å². The van der Waals surface area contributed by atoms with E-state index in [4.69, 9.17) is 4.74 Å². The maximum Gasteiger partial charge on any atom is 0.340 e. The third-order valence-electron chi connectivity index (χ3n) is 4.70. The number of carbonyl (C=O) groups excluding carboxylic acids is 3. The van der Waals surface area contributed by atoms with Crippen molar-refractivity contribution < 1.29 is 19.1 Å². The van der Waals surface area contributed by atoms with Gasteiger partial charge in [0.2, 0.25) is 5.91 Å². The summed E-state index contributed by atoms with van der Waals surface area (Å²) in [5, 5.41) is 2.84. The SMILES string of the molecule is Cc1[nH]c(C(=O)Nc2cccc(N3CCCC3=O)c2)c(C)c1C(=O)OC(C)C. The summed E-state index contributed by atoms with van der Waals surface area (Å²) in [5.41, 5.74) is 3.18. The number of nitrogens with one attached hydrogen (secondary N) is 2. The molecule has 3 rings (SSSR count). The summed E-state index contributed by atoms with van der Waals surface area (Å²) in [5.74, 6) is -0.712. The molecule has 0 bridgehead atoms. The van der Waals surface area contributed by atoms with Gasteiger partial charge in [-0.05, 0) is 57.9 Å². The number of hydrogen-bond donors (Lipinski definition) is 2. The van der Waals surface area contributed by atoms with Crippen LogP contribution in [0.5, 0.6) is 0 Å². The van der Waals surface area contributed by atoms with E-state index in [1.807, 2.05) is 6.07 Å². The van der Waals surface area contributed by atoms with Crippen molar-refractivity contribution in [2.45, 2.75) is 46.6 Å². The summed E-state index contributed by atoms with van der Waals surface area (Å²) < 4.78 is 5.26. The van der Waals surface area contributed by atoms with E-state index in [1.165, 1.54) is 0 Å². The van der Waals surface area contributed by atoms with Crippen molar-refractivity contribution in [1.29, 1.82) is 0 Å². The summed E-state index contributed by atoms with van der Waals surface area (Å²) in [6.45, 7) is 7.70. The van der Waals surface area contributed by atoms with Crippen molar-refractivity contribution in [1.82, 2.24) is 4.98 Å².